The molecule has 0 spiro atoms. The number of carbonyl (C=O) groups excluding carboxylic acids is 3. The van der Waals surface area contributed by atoms with Gasteiger partial charge in [-0.2, -0.15) is 0 Å². The largest absolute Gasteiger partial charge is 0.368 e. The van der Waals surface area contributed by atoms with E-state index < -0.39 is 12.1 Å². The number of ether oxygens (including phenoxy) is 1. The number of piperidine rings is 1. The first-order valence-corrected chi connectivity index (χ1v) is 11.3. The van der Waals surface area contributed by atoms with Gasteiger partial charge in [-0.1, -0.05) is 56.3 Å². The van der Waals surface area contributed by atoms with E-state index in [0.717, 1.165) is 24.0 Å². The number of amides is 2. The Morgan fingerprint density at radius 3 is 2.44 bits per heavy atom. The van der Waals surface area contributed by atoms with Gasteiger partial charge in [-0.25, -0.2) is 0 Å². The lowest BCUT2D eigenvalue weighted by Gasteiger charge is -2.37. The maximum atomic E-state index is 13.4. The molecule has 0 bridgehead atoms. The fraction of sp³-hybridized carbons (Fsp3) is 0.423. The van der Waals surface area contributed by atoms with Crippen molar-refractivity contribution in [2.45, 2.75) is 51.3 Å². The van der Waals surface area contributed by atoms with Gasteiger partial charge in [0.2, 0.25) is 5.91 Å². The first-order valence-electron chi connectivity index (χ1n) is 11.3. The van der Waals surface area contributed by atoms with Crippen LogP contribution in [0.4, 0.5) is 0 Å². The average molecular weight is 435 g/mol. The summed E-state index contributed by atoms with van der Waals surface area (Å²) < 4.78 is 5.58. The van der Waals surface area contributed by atoms with Crippen LogP contribution < -0.4 is 5.32 Å². The Bertz CT molecular complexity index is 971. The molecule has 2 aromatic carbocycles. The van der Waals surface area contributed by atoms with Crippen LogP contribution in [0, 0.1) is 5.92 Å². The SMILES string of the molecule is CC(C)CC(NC(=O)c1ccc(-c2ccccc2)cc1)C(=O)N1CCCC2OCC(=O)C21. The van der Waals surface area contributed by atoms with Crippen molar-refractivity contribution in [2.75, 3.05) is 13.2 Å². The Kier molecular flexibility index (Phi) is 6.70. The molecular weight excluding hydrogens is 404 g/mol. The molecule has 2 amide bonds. The van der Waals surface area contributed by atoms with Gasteiger partial charge in [0, 0.05) is 12.1 Å². The highest BCUT2D eigenvalue weighted by atomic mass is 16.5. The molecule has 3 unspecified atom stereocenters. The summed E-state index contributed by atoms with van der Waals surface area (Å²) >= 11 is 0. The van der Waals surface area contributed by atoms with E-state index in [1.807, 2.05) is 56.3 Å². The predicted molar refractivity (Wildman–Crippen MR) is 122 cm³/mol. The number of nitrogens with one attached hydrogen (secondary N) is 1. The van der Waals surface area contributed by atoms with Gasteiger partial charge in [-0.3, -0.25) is 14.4 Å². The molecule has 32 heavy (non-hydrogen) atoms. The molecule has 0 radical (unpaired) electrons. The van der Waals surface area contributed by atoms with Crippen molar-refractivity contribution in [1.29, 1.82) is 0 Å². The number of nitrogens with zero attached hydrogens (tertiary/aromatic N) is 1. The molecule has 1 N–H and O–H groups in total. The van der Waals surface area contributed by atoms with Crippen molar-refractivity contribution in [2.24, 2.45) is 5.92 Å². The molecule has 168 valence electrons. The van der Waals surface area contributed by atoms with Crippen LogP contribution in [0.25, 0.3) is 11.1 Å². The van der Waals surface area contributed by atoms with Crippen LogP contribution in [0.5, 0.6) is 0 Å². The van der Waals surface area contributed by atoms with E-state index in [2.05, 4.69) is 5.32 Å². The number of likely N-dealkylation sites (tertiary alicyclic amines) is 1. The van der Waals surface area contributed by atoms with Gasteiger partial charge < -0.3 is 15.0 Å². The fourth-order valence-corrected chi connectivity index (χ4v) is 4.62. The van der Waals surface area contributed by atoms with E-state index >= 15 is 0 Å². The lowest BCUT2D eigenvalue weighted by molar-refractivity contribution is -0.142. The summed E-state index contributed by atoms with van der Waals surface area (Å²) in [4.78, 5) is 40.4. The lowest BCUT2D eigenvalue weighted by atomic mass is 9.95. The molecule has 4 rings (SSSR count). The normalized spacial score (nSPS) is 21.3. The van der Waals surface area contributed by atoms with Gasteiger partial charge >= 0.3 is 0 Å². The molecule has 0 aromatic heterocycles. The second kappa shape index (κ2) is 9.65. The summed E-state index contributed by atoms with van der Waals surface area (Å²) in [5.74, 6) is -0.317. The minimum absolute atomic E-state index is 0.0471. The molecule has 0 aliphatic carbocycles. The highest BCUT2D eigenvalue weighted by molar-refractivity contribution is 5.99. The van der Waals surface area contributed by atoms with Gasteiger partial charge in [0.15, 0.2) is 5.78 Å². The first kappa shape index (κ1) is 22.2. The summed E-state index contributed by atoms with van der Waals surface area (Å²) in [7, 11) is 0. The van der Waals surface area contributed by atoms with Crippen LogP contribution in [0.15, 0.2) is 54.6 Å². The maximum Gasteiger partial charge on any atom is 0.251 e. The summed E-state index contributed by atoms with van der Waals surface area (Å²) in [5.41, 5.74) is 2.61. The highest BCUT2D eigenvalue weighted by Crippen LogP contribution is 2.27. The fourth-order valence-electron chi connectivity index (χ4n) is 4.62. The average Bonchev–Trinajstić information content (AvgIpc) is 3.19. The topological polar surface area (TPSA) is 75.7 Å². The van der Waals surface area contributed by atoms with E-state index in [9.17, 15) is 14.4 Å². The van der Waals surface area contributed by atoms with Crippen molar-refractivity contribution in [3.05, 3.63) is 60.2 Å². The predicted octanol–water partition coefficient (Wildman–Crippen LogP) is 3.46. The van der Waals surface area contributed by atoms with E-state index in [4.69, 9.17) is 4.74 Å². The second-order valence-corrected chi connectivity index (χ2v) is 9.03. The van der Waals surface area contributed by atoms with E-state index in [0.29, 0.717) is 18.5 Å². The summed E-state index contributed by atoms with van der Waals surface area (Å²) in [6, 6.07) is 16.1. The number of rotatable bonds is 6. The number of fused-ring (bicyclic) bond motifs is 1. The third kappa shape index (κ3) is 4.75. The van der Waals surface area contributed by atoms with Crippen molar-refractivity contribution in [3.63, 3.8) is 0 Å². The Balaban J connectivity index is 1.49. The van der Waals surface area contributed by atoms with Crippen LogP contribution in [0.2, 0.25) is 0 Å². The highest BCUT2D eigenvalue weighted by Gasteiger charge is 2.45. The number of carbonyl (C=O) groups is 3. The van der Waals surface area contributed by atoms with Gasteiger partial charge in [-0.15, -0.1) is 0 Å². The summed E-state index contributed by atoms with van der Waals surface area (Å²) in [6.45, 7) is 4.62. The standard InChI is InChI=1S/C26H30N2O4/c1-17(2)15-21(26(31)28-14-6-9-23-24(28)22(29)16-32-23)27-25(30)20-12-10-19(11-13-20)18-7-4-3-5-8-18/h3-5,7-8,10-13,17,21,23-24H,6,9,14-16H2,1-2H3,(H,27,30). The summed E-state index contributed by atoms with van der Waals surface area (Å²) in [5, 5.41) is 2.93. The number of ketones is 1. The van der Waals surface area contributed by atoms with E-state index in [1.54, 1.807) is 17.0 Å². The number of hydrogen-bond acceptors (Lipinski definition) is 4. The molecular formula is C26H30N2O4. The molecule has 2 fully saturated rings. The Hall–Kier alpha value is -2.99. The Morgan fingerprint density at radius 1 is 1.06 bits per heavy atom. The number of benzene rings is 2. The monoisotopic (exact) mass is 434 g/mol. The smallest absolute Gasteiger partial charge is 0.251 e. The molecule has 6 heteroatoms. The van der Waals surface area contributed by atoms with Crippen molar-refractivity contribution in [3.8, 4) is 11.1 Å². The zero-order chi connectivity index (χ0) is 22.7. The Labute approximate surface area is 188 Å². The van der Waals surface area contributed by atoms with Gasteiger partial charge in [0.25, 0.3) is 5.91 Å². The molecule has 2 saturated heterocycles. The maximum absolute atomic E-state index is 13.4. The van der Waals surface area contributed by atoms with Crippen LogP contribution in [0.3, 0.4) is 0 Å². The molecule has 2 aliphatic rings. The summed E-state index contributed by atoms with van der Waals surface area (Å²) in [6.07, 6.45) is 1.87. The van der Waals surface area contributed by atoms with Crippen molar-refractivity contribution in [1.82, 2.24) is 10.2 Å². The van der Waals surface area contributed by atoms with Crippen molar-refractivity contribution >= 4 is 17.6 Å². The van der Waals surface area contributed by atoms with Crippen LogP contribution in [-0.4, -0.2) is 53.8 Å². The minimum atomic E-state index is -0.677. The molecule has 2 heterocycles. The van der Waals surface area contributed by atoms with Crippen LogP contribution >= 0.6 is 0 Å². The van der Waals surface area contributed by atoms with E-state index in [1.165, 1.54) is 0 Å². The third-order valence-electron chi connectivity index (χ3n) is 6.19. The van der Waals surface area contributed by atoms with Gasteiger partial charge in [0.05, 0.1) is 6.10 Å². The van der Waals surface area contributed by atoms with Gasteiger partial charge in [-0.05, 0) is 48.4 Å². The van der Waals surface area contributed by atoms with E-state index in [-0.39, 0.29) is 36.2 Å². The molecule has 2 aliphatic heterocycles. The van der Waals surface area contributed by atoms with Crippen LogP contribution in [0.1, 0.15) is 43.5 Å². The molecule has 3 atom stereocenters. The van der Waals surface area contributed by atoms with Gasteiger partial charge in [0.1, 0.15) is 18.7 Å². The lowest BCUT2D eigenvalue weighted by Crippen LogP contribution is -2.58. The van der Waals surface area contributed by atoms with Crippen LogP contribution in [-0.2, 0) is 14.3 Å². The zero-order valence-corrected chi connectivity index (χ0v) is 18.6. The first-order chi connectivity index (χ1) is 15.4. The third-order valence-corrected chi connectivity index (χ3v) is 6.19. The second-order valence-electron chi connectivity index (χ2n) is 9.03. The Morgan fingerprint density at radius 2 is 1.75 bits per heavy atom. The quantitative estimate of drug-likeness (QED) is 0.756. The zero-order valence-electron chi connectivity index (χ0n) is 18.6. The molecule has 6 nitrogen and oxygen atoms in total. The number of Topliss-reactive ketones (excluding diaryl/α,β-unsaturated/α-hetero) is 1. The number of hydrogen-bond donors (Lipinski definition) is 1. The van der Waals surface area contributed by atoms with Crippen molar-refractivity contribution < 1.29 is 19.1 Å². The minimum Gasteiger partial charge on any atom is -0.368 e. The molecule has 0 saturated carbocycles. The molecule has 2 aromatic rings.